The average molecular weight is 334 g/mol. The monoisotopic (exact) mass is 334 g/mol. The highest BCUT2D eigenvalue weighted by atomic mass is 19.4. The molecule has 0 unspecified atom stereocenters. The zero-order valence-corrected chi connectivity index (χ0v) is 10.9. The van der Waals surface area contributed by atoms with Gasteiger partial charge in [0.15, 0.2) is 0 Å². The van der Waals surface area contributed by atoms with Crippen LogP contribution in [0.5, 0.6) is 0 Å². The van der Waals surface area contributed by atoms with Crippen molar-refractivity contribution < 1.29 is 35.1 Å². The van der Waals surface area contributed by atoms with Crippen LogP contribution in [0.25, 0.3) is 0 Å². The Hall–Kier alpha value is -1.84. The molecule has 124 valence electrons. The summed E-state index contributed by atoms with van der Waals surface area (Å²) in [6.45, 7) is 3.17. The summed E-state index contributed by atoms with van der Waals surface area (Å²) < 4.78 is 102. The van der Waals surface area contributed by atoms with Crippen molar-refractivity contribution in [3.05, 3.63) is 12.7 Å². The van der Waals surface area contributed by atoms with Crippen LogP contribution in [0.15, 0.2) is 12.7 Å². The summed E-state index contributed by atoms with van der Waals surface area (Å²) in [6.07, 6.45) is -7.16. The minimum absolute atomic E-state index is 0.214. The topological polar surface area (TPSA) is 47.6 Å². The molecule has 0 amide bonds. The molecule has 0 saturated heterocycles. The van der Waals surface area contributed by atoms with Crippen molar-refractivity contribution in [2.45, 2.75) is 43.5 Å². The predicted molar refractivity (Wildman–Crippen MR) is 58.6 cm³/mol. The van der Waals surface area contributed by atoms with E-state index >= 15 is 0 Å². The molecule has 0 N–H and O–H groups in total. The lowest BCUT2D eigenvalue weighted by Crippen LogP contribution is -2.58. The van der Waals surface area contributed by atoms with E-state index in [1.807, 2.05) is 0 Å². The minimum atomic E-state index is -6.43. The van der Waals surface area contributed by atoms with Gasteiger partial charge in [0.25, 0.3) is 0 Å². The number of rotatable bonds is 8. The van der Waals surface area contributed by atoms with Crippen molar-refractivity contribution in [2.24, 2.45) is 5.41 Å². The summed E-state index contributed by atoms with van der Waals surface area (Å²) in [5, 5.41) is 17.4. The van der Waals surface area contributed by atoms with Gasteiger partial charge in [-0.2, -0.15) is 36.9 Å². The van der Waals surface area contributed by atoms with Crippen LogP contribution in [0.1, 0.15) is 19.3 Å². The van der Waals surface area contributed by atoms with E-state index in [4.69, 9.17) is 10.5 Å². The fourth-order valence-corrected chi connectivity index (χ4v) is 1.52. The summed E-state index contributed by atoms with van der Waals surface area (Å²) in [5.74, 6) is -18.4. The van der Waals surface area contributed by atoms with Crippen LogP contribution >= 0.6 is 0 Å². The fourth-order valence-electron chi connectivity index (χ4n) is 1.52. The normalized spacial score (nSPS) is 13.6. The van der Waals surface area contributed by atoms with Gasteiger partial charge in [0, 0.05) is 6.42 Å². The largest absolute Gasteiger partial charge is 0.377 e. The van der Waals surface area contributed by atoms with Crippen LogP contribution in [0, 0.1) is 28.1 Å². The van der Waals surface area contributed by atoms with Gasteiger partial charge in [-0.25, -0.2) is 8.78 Å². The third-order valence-corrected chi connectivity index (χ3v) is 2.88. The van der Waals surface area contributed by atoms with Gasteiger partial charge >= 0.3 is 24.2 Å². The van der Waals surface area contributed by atoms with Crippen LogP contribution in [0.4, 0.5) is 35.1 Å². The van der Waals surface area contributed by atoms with Crippen LogP contribution in [0.3, 0.4) is 0 Å². The maximum Gasteiger partial charge on any atom is 0.377 e. The SMILES string of the molecule is C=CCCC(C#N)(C#N)CC(F)(F)C(F)(F)C(F)(F)C(F)F. The van der Waals surface area contributed by atoms with Gasteiger partial charge in [0.1, 0.15) is 5.41 Å². The summed E-state index contributed by atoms with van der Waals surface area (Å²) in [5.41, 5.74) is -2.74. The third kappa shape index (κ3) is 3.49. The number of hydrogen-bond acceptors (Lipinski definition) is 2. The van der Waals surface area contributed by atoms with Gasteiger partial charge in [0.05, 0.1) is 12.1 Å². The van der Waals surface area contributed by atoms with Crippen molar-refractivity contribution in [2.75, 3.05) is 0 Å². The molecule has 0 rings (SSSR count). The molecule has 0 bridgehead atoms. The molecule has 0 saturated carbocycles. The second-order valence-electron chi connectivity index (χ2n) is 4.51. The number of halogens is 8. The van der Waals surface area contributed by atoms with Crippen molar-refractivity contribution >= 4 is 0 Å². The summed E-state index contributed by atoms with van der Waals surface area (Å²) in [6, 6.07) is 2.11. The van der Waals surface area contributed by atoms with Crippen LogP contribution < -0.4 is 0 Å². The molecule has 0 atom stereocenters. The Morgan fingerprint density at radius 2 is 1.45 bits per heavy atom. The highest BCUT2D eigenvalue weighted by molar-refractivity contribution is 5.17. The number of hydrogen-bond donors (Lipinski definition) is 0. The third-order valence-electron chi connectivity index (χ3n) is 2.88. The Balaban J connectivity index is 5.69. The summed E-state index contributed by atoms with van der Waals surface area (Å²) >= 11 is 0. The van der Waals surface area contributed by atoms with Crippen LogP contribution in [0.2, 0.25) is 0 Å². The highest BCUT2D eigenvalue weighted by Gasteiger charge is 2.76. The second kappa shape index (κ2) is 6.51. The number of alkyl halides is 8. The van der Waals surface area contributed by atoms with Gasteiger partial charge in [-0.15, -0.1) is 6.58 Å². The van der Waals surface area contributed by atoms with Crippen LogP contribution in [-0.4, -0.2) is 24.2 Å². The maximum absolute atomic E-state index is 13.5. The lowest BCUT2D eigenvalue weighted by atomic mass is 9.78. The van der Waals surface area contributed by atoms with Gasteiger partial charge in [0.2, 0.25) is 0 Å². The molecule has 22 heavy (non-hydrogen) atoms. The van der Waals surface area contributed by atoms with E-state index in [0.29, 0.717) is 0 Å². The molecule has 0 heterocycles. The molecular weight excluding hydrogens is 324 g/mol. The zero-order valence-electron chi connectivity index (χ0n) is 10.9. The van der Waals surface area contributed by atoms with Crippen molar-refractivity contribution in [3.8, 4) is 12.1 Å². The quantitative estimate of drug-likeness (QED) is 0.483. The Morgan fingerprint density at radius 1 is 1.00 bits per heavy atom. The maximum atomic E-state index is 13.5. The molecule has 10 heteroatoms. The van der Waals surface area contributed by atoms with Crippen molar-refractivity contribution in [1.82, 2.24) is 0 Å². The molecule has 0 aromatic heterocycles. The van der Waals surface area contributed by atoms with E-state index in [9.17, 15) is 35.1 Å². The van der Waals surface area contributed by atoms with Gasteiger partial charge in [-0.05, 0) is 12.8 Å². The average Bonchev–Trinajstić information content (AvgIpc) is 2.42. The molecule has 2 nitrogen and oxygen atoms in total. The van der Waals surface area contributed by atoms with Gasteiger partial charge in [-0.1, -0.05) is 6.08 Å². The minimum Gasteiger partial charge on any atom is -0.203 e. The zero-order chi connectivity index (χ0) is 17.8. The first-order valence-electron chi connectivity index (χ1n) is 5.68. The number of nitrogens with zero attached hydrogens (tertiary/aromatic N) is 2. The van der Waals surface area contributed by atoms with Crippen LogP contribution in [-0.2, 0) is 0 Å². The molecule has 0 radical (unpaired) electrons. The Kier molecular flexibility index (Phi) is 5.96. The molecular formula is C12H10F8N2. The molecule has 0 aliphatic rings. The van der Waals surface area contributed by atoms with E-state index in [1.54, 1.807) is 0 Å². The van der Waals surface area contributed by atoms with E-state index in [2.05, 4.69) is 6.58 Å². The van der Waals surface area contributed by atoms with Gasteiger partial charge < -0.3 is 0 Å². The number of allylic oxidation sites excluding steroid dienone is 1. The highest BCUT2D eigenvalue weighted by Crippen LogP contribution is 2.52. The van der Waals surface area contributed by atoms with E-state index < -0.39 is 42.4 Å². The first-order valence-corrected chi connectivity index (χ1v) is 5.68. The summed E-state index contributed by atoms with van der Waals surface area (Å²) in [4.78, 5) is 0. The predicted octanol–water partition coefficient (Wildman–Crippen LogP) is 4.55. The number of nitriles is 2. The molecule has 0 aromatic rings. The van der Waals surface area contributed by atoms with Crippen molar-refractivity contribution in [1.29, 1.82) is 10.5 Å². The first-order chi connectivity index (χ1) is 9.83. The second-order valence-corrected chi connectivity index (χ2v) is 4.51. The smallest absolute Gasteiger partial charge is 0.203 e. The lowest BCUT2D eigenvalue weighted by Gasteiger charge is -2.34. The Morgan fingerprint density at radius 3 is 1.77 bits per heavy atom. The summed E-state index contributed by atoms with van der Waals surface area (Å²) in [7, 11) is 0. The van der Waals surface area contributed by atoms with Crippen molar-refractivity contribution in [3.63, 3.8) is 0 Å². The molecule has 0 aliphatic carbocycles. The molecule has 0 aromatic carbocycles. The molecule has 0 aliphatic heterocycles. The first kappa shape index (κ1) is 20.2. The standard InChI is InChI=1S/C12H10F8N2/c1-2-3-4-9(6-21,7-22)5-10(15,16)12(19,20)11(17,18)8(13)14/h2,8H,1,3-5H2. The van der Waals surface area contributed by atoms with E-state index in [-0.39, 0.29) is 6.42 Å². The Labute approximate surface area is 120 Å². The molecule has 0 fully saturated rings. The van der Waals surface area contributed by atoms with E-state index in [0.717, 1.165) is 18.2 Å². The van der Waals surface area contributed by atoms with Gasteiger partial charge in [-0.3, -0.25) is 0 Å². The van der Waals surface area contributed by atoms with E-state index in [1.165, 1.54) is 0 Å². The molecule has 0 spiro atoms. The Bertz CT molecular complexity index is 472. The fraction of sp³-hybridized carbons (Fsp3) is 0.667. The lowest BCUT2D eigenvalue weighted by molar-refractivity contribution is -0.342.